The Morgan fingerprint density at radius 3 is 2.86 bits per heavy atom. The number of hydrogen-bond donors (Lipinski definition) is 0. The Morgan fingerprint density at radius 1 is 1.23 bits per heavy atom. The van der Waals surface area contributed by atoms with E-state index >= 15 is 0 Å². The lowest BCUT2D eigenvalue weighted by Crippen LogP contribution is -2.37. The monoisotopic (exact) mass is 314 g/mol. The van der Waals surface area contributed by atoms with Crippen LogP contribution in [0.4, 0.5) is 10.1 Å². The van der Waals surface area contributed by atoms with Crippen LogP contribution in [0, 0.1) is 11.7 Å². The third-order valence-corrected chi connectivity index (χ3v) is 5.28. The van der Waals surface area contributed by atoms with E-state index < -0.39 is 0 Å². The number of anilines is 1. The van der Waals surface area contributed by atoms with E-state index in [1.807, 2.05) is 0 Å². The lowest BCUT2D eigenvalue weighted by atomic mass is 9.91. The van der Waals surface area contributed by atoms with Gasteiger partial charge in [-0.25, -0.2) is 9.40 Å². The van der Waals surface area contributed by atoms with Gasteiger partial charge >= 0.3 is 0 Å². The van der Waals surface area contributed by atoms with E-state index in [2.05, 4.69) is 16.5 Å². The van der Waals surface area contributed by atoms with Crippen LogP contribution in [-0.2, 0) is 11.2 Å². The highest BCUT2D eigenvalue weighted by molar-refractivity contribution is 7.10. The first kappa shape index (κ1) is 13.6. The smallest absolute Gasteiger partial charge is 0.248 e. The number of halogens is 1. The minimum atomic E-state index is -0.312. The van der Waals surface area contributed by atoms with Crippen molar-refractivity contribution in [2.24, 2.45) is 11.0 Å². The van der Waals surface area contributed by atoms with Crippen molar-refractivity contribution in [1.29, 1.82) is 0 Å². The molecule has 1 aliphatic heterocycles. The fourth-order valence-electron chi connectivity index (χ4n) is 3.21. The summed E-state index contributed by atoms with van der Waals surface area (Å²) in [6, 6.07) is 8.03. The van der Waals surface area contributed by atoms with Crippen molar-refractivity contribution < 1.29 is 9.18 Å². The molecule has 0 saturated heterocycles. The van der Waals surface area contributed by atoms with Crippen LogP contribution >= 0.6 is 11.3 Å². The van der Waals surface area contributed by atoms with Gasteiger partial charge in [0.1, 0.15) is 5.82 Å². The number of hydrazone groups is 1. The largest absolute Gasteiger partial charge is 0.273 e. The topological polar surface area (TPSA) is 32.7 Å². The average Bonchev–Trinajstić information content (AvgIpc) is 2.91. The maximum atomic E-state index is 13.1. The molecular formula is C17H15FN2OS. The van der Waals surface area contributed by atoms with Gasteiger partial charge in [-0.1, -0.05) is 0 Å². The standard InChI is InChI=1S/C17H15FN2OS/c18-12-4-6-13(7-5-12)20-16(21)10-11-2-1-3-15-14(8-9-22-15)17(11)19-20/h4-9,11H,1-3,10H2. The van der Waals surface area contributed by atoms with Crippen molar-refractivity contribution in [3.8, 4) is 0 Å². The van der Waals surface area contributed by atoms with E-state index in [1.165, 1.54) is 27.6 Å². The number of hydrogen-bond acceptors (Lipinski definition) is 3. The minimum Gasteiger partial charge on any atom is -0.273 e. The molecule has 2 heterocycles. The molecule has 112 valence electrons. The number of carbonyl (C=O) groups excluding carboxylic acids is 1. The lowest BCUT2D eigenvalue weighted by Gasteiger charge is -2.28. The number of aryl methyl sites for hydroxylation is 1. The van der Waals surface area contributed by atoms with Gasteiger partial charge in [0.2, 0.25) is 5.91 Å². The molecule has 1 aromatic carbocycles. The number of thiophene rings is 1. The van der Waals surface area contributed by atoms with Gasteiger partial charge in [-0.3, -0.25) is 4.79 Å². The van der Waals surface area contributed by atoms with E-state index in [0.717, 1.165) is 25.0 Å². The van der Waals surface area contributed by atoms with Crippen molar-refractivity contribution in [2.75, 3.05) is 5.01 Å². The first-order valence-electron chi connectivity index (χ1n) is 7.46. The molecule has 1 atom stereocenters. The normalized spacial score (nSPS) is 21.0. The quantitative estimate of drug-likeness (QED) is 0.783. The van der Waals surface area contributed by atoms with Crippen molar-refractivity contribution in [2.45, 2.75) is 25.7 Å². The van der Waals surface area contributed by atoms with Gasteiger partial charge in [0.05, 0.1) is 11.4 Å². The number of rotatable bonds is 1. The van der Waals surface area contributed by atoms with Gasteiger partial charge in [0, 0.05) is 22.8 Å². The Kier molecular flexibility index (Phi) is 3.30. The first-order chi connectivity index (χ1) is 10.7. The highest BCUT2D eigenvalue weighted by Gasteiger charge is 2.33. The molecular weight excluding hydrogens is 299 g/mol. The summed E-state index contributed by atoms with van der Waals surface area (Å²) in [5.74, 6) is -0.118. The van der Waals surface area contributed by atoms with Crippen molar-refractivity contribution in [1.82, 2.24) is 0 Å². The van der Waals surface area contributed by atoms with Crippen LogP contribution in [0.5, 0.6) is 0 Å². The van der Waals surface area contributed by atoms with Gasteiger partial charge in [-0.05, 0) is 55.0 Å². The first-order valence-corrected chi connectivity index (χ1v) is 8.34. The van der Waals surface area contributed by atoms with Gasteiger partial charge < -0.3 is 0 Å². The van der Waals surface area contributed by atoms with Crippen molar-refractivity contribution >= 4 is 28.6 Å². The number of amides is 1. The van der Waals surface area contributed by atoms with E-state index in [4.69, 9.17) is 0 Å². The third kappa shape index (κ3) is 2.25. The summed E-state index contributed by atoms with van der Waals surface area (Å²) in [6.45, 7) is 0. The Labute approximate surface area is 132 Å². The number of carbonyl (C=O) groups is 1. The van der Waals surface area contributed by atoms with Crippen molar-refractivity contribution in [3.63, 3.8) is 0 Å². The predicted octanol–water partition coefficient (Wildman–Crippen LogP) is 3.98. The van der Waals surface area contributed by atoms with Gasteiger partial charge in [0.25, 0.3) is 0 Å². The zero-order valence-corrected chi connectivity index (χ0v) is 12.8. The second-order valence-electron chi connectivity index (χ2n) is 5.72. The fraction of sp³-hybridized carbons (Fsp3) is 0.294. The highest BCUT2D eigenvalue weighted by Crippen LogP contribution is 2.34. The van der Waals surface area contributed by atoms with Crippen LogP contribution in [-0.4, -0.2) is 11.6 Å². The molecule has 0 fully saturated rings. The second kappa shape index (κ2) is 5.32. The summed E-state index contributed by atoms with van der Waals surface area (Å²) in [6.07, 6.45) is 3.64. The van der Waals surface area contributed by atoms with Crippen molar-refractivity contribution in [3.05, 3.63) is 52.0 Å². The maximum Gasteiger partial charge on any atom is 0.248 e. The zero-order chi connectivity index (χ0) is 15.1. The molecule has 1 unspecified atom stereocenters. The Hall–Kier alpha value is -2.01. The van der Waals surface area contributed by atoms with E-state index in [1.54, 1.807) is 23.5 Å². The molecule has 0 saturated carbocycles. The molecule has 2 aliphatic rings. The SMILES string of the molecule is O=C1CC2CCCc3sccc3C2=NN1c1ccc(F)cc1. The van der Waals surface area contributed by atoms with Gasteiger partial charge in [0.15, 0.2) is 0 Å². The molecule has 1 aromatic heterocycles. The Bertz CT molecular complexity index is 750. The van der Waals surface area contributed by atoms with Crippen LogP contribution in [0.2, 0.25) is 0 Å². The average molecular weight is 314 g/mol. The molecule has 1 aliphatic carbocycles. The lowest BCUT2D eigenvalue weighted by molar-refractivity contribution is -0.119. The molecule has 0 N–H and O–H groups in total. The number of benzene rings is 1. The van der Waals surface area contributed by atoms with Gasteiger partial charge in [-0.15, -0.1) is 11.3 Å². The summed E-state index contributed by atoms with van der Waals surface area (Å²) in [7, 11) is 0. The van der Waals surface area contributed by atoms with E-state index in [0.29, 0.717) is 12.1 Å². The molecule has 22 heavy (non-hydrogen) atoms. The molecule has 4 rings (SSSR count). The molecule has 5 heteroatoms. The molecule has 2 aromatic rings. The molecule has 0 radical (unpaired) electrons. The Morgan fingerprint density at radius 2 is 2.05 bits per heavy atom. The molecule has 0 spiro atoms. The summed E-state index contributed by atoms with van der Waals surface area (Å²) in [5.41, 5.74) is 2.82. The second-order valence-corrected chi connectivity index (χ2v) is 6.72. The van der Waals surface area contributed by atoms with Crippen LogP contribution in [0.25, 0.3) is 0 Å². The highest BCUT2D eigenvalue weighted by atomic mass is 32.1. The number of nitrogens with zero attached hydrogens (tertiary/aromatic N) is 2. The zero-order valence-electron chi connectivity index (χ0n) is 12.0. The van der Waals surface area contributed by atoms with E-state index in [9.17, 15) is 9.18 Å². The van der Waals surface area contributed by atoms with Crippen LogP contribution < -0.4 is 5.01 Å². The Balaban J connectivity index is 1.79. The predicted molar refractivity (Wildman–Crippen MR) is 85.8 cm³/mol. The summed E-state index contributed by atoms with van der Waals surface area (Å²) >= 11 is 1.76. The van der Waals surface area contributed by atoms with E-state index in [-0.39, 0.29) is 17.6 Å². The fourth-order valence-corrected chi connectivity index (χ4v) is 4.14. The third-order valence-electron chi connectivity index (χ3n) is 4.30. The maximum absolute atomic E-state index is 13.1. The summed E-state index contributed by atoms with van der Waals surface area (Å²) in [5, 5.41) is 8.16. The minimum absolute atomic E-state index is 0.0148. The number of fused-ring (bicyclic) bond motifs is 3. The van der Waals surface area contributed by atoms with Crippen LogP contribution in [0.15, 0.2) is 40.8 Å². The van der Waals surface area contributed by atoms with Crippen LogP contribution in [0.3, 0.4) is 0 Å². The van der Waals surface area contributed by atoms with Gasteiger partial charge in [-0.2, -0.15) is 5.10 Å². The molecule has 0 bridgehead atoms. The summed E-state index contributed by atoms with van der Waals surface area (Å²) in [4.78, 5) is 13.8. The van der Waals surface area contributed by atoms with Crippen LogP contribution in [0.1, 0.15) is 29.7 Å². The molecule has 3 nitrogen and oxygen atoms in total. The molecule has 1 amide bonds. The summed E-state index contributed by atoms with van der Waals surface area (Å²) < 4.78 is 13.1.